The molecule has 0 aliphatic heterocycles. The summed E-state index contributed by atoms with van der Waals surface area (Å²) in [5, 5.41) is 24.9. The van der Waals surface area contributed by atoms with E-state index in [1.165, 1.54) is 22.9 Å². The van der Waals surface area contributed by atoms with Gasteiger partial charge in [-0.05, 0) is 41.1 Å². The fourth-order valence-corrected chi connectivity index (χ4v) is 2.61. The molecule has 6 heteroatoms. The fraction of sp³-hybridized carbons (Fsp3) is 0. The molecule has 4 rings (SSSR count). The van der Waals surface area contributed by atoms with E-state index >= 15 is 0 Å². The zero-order valence-electron chi connectivity index (χ0n) is 14.9. The van der Waals surface area contributed by atoms with E-state index in [1.807, 2.05) is 18.2 Å². The van der Waals surface area contributed by atoms with Crippen LogP contribution in [0.3, 0.4) is 0 Å². The largest absolute Gasteiger partial charge is 0.506 e. The Labute approximate surface area is 162 Å². The van der Waals surface area contributed by atoms with Crippen molar-refractivity contribution in [3.63, 3.8) is 0 Å². The molecule has 0 radical (unpaired) electrons. The normalized spacial score (nSPS) is 10.0. The van der Waals surface area contributed by atoms with Gasteiger partial charge in [-0.1, -0.05) is 48.5 Å². The Morgan fingerprint density at radius 3 is 2.14 bits per heavy atom. The van der Waals surface area contributed by atoms with E-state index in [0.717, 1.165) is 17.4 Å². The first-order valence-electron chi connectivity index (χ1n) is 8.57. The maximum Gasteiger partial charge on any atom is 0.271 e. The SMILES string of the molecule is Nc1cc([N+](=O)[O-])ccc1O.c1ccc(Nc2ccc3ccccc3c2)cc1. The van der Waals surface area contributed by atoms with E-state index < -0.39 is 4.92 Å². The minimum Gasteiger partial charge on any atom is -0.506 e. The number of hydrogen-bond donors (Lipinski definition) is 3. The summed E-state index contributed by atoms with van der Waals surface area (Å²) in [4.78, 5) is 9.56. The number of para-hydroxylation sites is 1. The van der Waals surface area contributed by atoms with Gasteiger partial charge in [0.25, 0.3) is 5.69 Å². The minimum atomic E-state index is -0.574. The van der Waals surface area contributed by atoms with Crippen molar-refractivity contribution in [2.24, 2.45) is 0 Å². The minimum absolute atomic E-state index is 0.0131. The van der Waals surface area contributed by atoms with Gasteiger partial charge >= 0.3 is 0 Å². The van der Waals surface area contributed by atoms with Crippen molar-refractivity contribution < 1.29 is 10.0 Å². The lowest BCUT2D eigenvalue weighted by Crippen LogP contribution is -1.90. The first-order chi connectivity index (χ1) is 13.5. The highest BCUT2D eigenvalue weighted by molar-refractivity contribution is 5.86. The highest BCUT2D eigenvalue weighted by Gasteiger charge is 2.06. The standard InChI is InChI=1S/C16H13N.C6H6N2O3/c1-2-8-15(9-3-1)17-16-11-10-13-6-4-5-7-14(13)12-16;7-5-3-4(8(10)11)1-2-6(5)9/h1-12,17H;1-3,9H,7H2. The van der Waals surface area contributed by atoms with E-state index in [1.54, 1.807) is 0 Å². The van der Waals surface area contributed by atoms with Gasteiger partial charge in [0.2, 0.25) is 0 Å². The number of nitrogens with zero attached hydrogens (tertiary/aromatic N) is 1. The van der Waals surface area contributed by atoms with Gasteiger partial charge in [-0.2, -0.15) is 0 Å². The number of non-ortho nitro benzene ring substituents is 1. The van der Waals surface area contributed by atoms with Crippen molar-refractivity contribution in [1.82, 2.24) is 0 Å². The van der Waals surface area contributed by atoms with Crippen LogP contribution in [-0.4, -0.2) is 10.0 Å². The number of nitrogens with two attached hydrogens (primary N) is 1. The molecule has 0 fully saturated rings. The van der Waals surface area contributed by atoms with Gasteiger partial charge in [-0.25, -0.2) is 0 Å². The molecule has 0 heterocycles. The van der Waals surface area contributed by atoms with Crippen molar-refractivity contribution >= 4 is 33.5 Å². The predicted molar refractivity (Wildman–Crippen MR) is 113 cm³/mol. The van der Waals surface area contributed by atoms with Crippen LogP contribution in [0.5, 0.6) is 5.75 Å². The van der Waals surface area contributed by atoms with Crippen molar-refractivity contribution in [3.05, 3.63) is 101 Å². The molecule has 0 saturated carbocycles. The Bertz CT molecular complexity index is 1100. The quantitative estimate of drug-likeness (QED) is 0.191. The molecule has 4 N–H and O–H groups in total. The third-order valence-corrected chi connectivity index (χ3v) is 4.03. The highest BCUT2D eigenvalue weighted by Crippen LogP contribution is 2.24. The first-order valence-corrected chi connectivity index (χ1v) is 8.57. The molecule has 140 valence electrons. The molecule has 0 spiro atoms. The van der Waals surface area contributed by atoms with Gasteiger partial charge in [0.1, 0.15) is 5.75 Å². The number of nitro benzene ring substituents is 1. The molecule has 0 aliphatic rings. The van der Waals surface area contributed by atoms with Gasteiger partial charge in [-0.3, -0.25) is 10.1 Å². The number of rotatable bonds is 3. The molecule has 0 bridgehead atoms. The fourth-order valence-electron chi connectivity index (χ4n) is 2.61. The van der Waals surface area contributed by atoms with Crippen molar-refractivity contribution in [3.8, 4) is 5.75 Å². The Morgan fingerprint density at radius 2 is 1.46 bits per heavy atom. The average molecular weight is 373 g/mol. The van der Waals surface area contributed by atoms with Crippen LogP contribution in [0, 0.1) is 10.1 Å². The summed E-state index contributed by atoms with van der Waals surface area (Å²) in [7, 11) is 0. The number of fused-ring (bicyclic) bond motifs is 1. The monoisotopic (exact) mass is 373 g/mol. The number of hydrogen-bond acceptors (Lipinski definition) is 5. The maximum atomic E-state index is 10.1. The number of nitro groups is 1. The van der Waals surface area contributed by atoms with Gasteiger partial charge in [-0.15, -0.1) is 0 Å². The highest BCUT2D eigenvalue weighted by atomic mass is 16.6. The summed E-state index contributed by atoms with van der Waals surface area (Å²) in [6.45, 7) is 0. The van der Waals surface area contributed by atoms with Crippen molar-refractivity contribution in [2.75, 3.05) is 11.1 Å². The Hall–Kier alpha value is -4.06. The van der Waals surface area contributed by atoms with E-state index in [0.29, 0.717) is 0 Å². The van der Waals surface area contributed by atoms with Crippen LogP contribution in [0.25, 0.3) is 10.8 Å². The Balaban J connectivity index is 0.000000178. The summed E-state index contributed by atoms with van der Waals surface area (Å²) < 4.78 is 0. The second kappa shape index (κ2) is 8.55. The van der Waals surface area contributed by atoms with Gasteiger partial charge < -0.3 is 16.2 Å². The zero-order valence-corrected chi connectivity index (χ0v) is 14.9. The van der Waals surface area contributed by atoms with Crippen LogP contribution in [0.4, 0.5) is 22.7 Å². The van der Waals surface area contributed by atoms with Crippen molar-refractivity contribution in [1.29, 1.82) is 0 Å². The summed E-state index contributed by atoms with van der Waals surface area (Å²) >= 11 is 0. The topological polar surface area (TPSA) is 101 Å². The van der Waals surface area contributed by atoms with Gasteiger partial charge in [0, 0.05) is 23.5 Å². The van der Waals surface area contributed by atoms with E-state index in [9.17, 15) is 10.1 Å². The molecule has 0 saturated heterocycles. The van der Waals surface area contributed by atoms with Crippen LogP contribution < -0.4 is 11.1 Å². The van der Waals surface area contributed by atoms with Gasteiger partial charge in [0.05, 0.1) is 10.6 Å². The van der Waals surface area contributed by atoms with Crippen LogP contribution in [-0.2, 0) is 0 Å². The number of benzene rings is 4. The van der Waals surface area contributed by atoms with Crippen LogP contribution in [0.1, 0.15) is 0 Å². The molecule has 6 nitrogen and oxygen atoms in total. The van der Waals surface area contributed by atoms with E-state index in [2.05, 4.69) is 59.9 Å². The molecule has 0 aliphatic carbocycles. The van der Waals surface area contributed by atoms with Gasteiger partial charge in [0.15, 0.2) is 0 Å². The summed E-state index contributed by atoms with van der Waals surface area (Å²) in [5.41, 5.74) is 7.33. The van der Waals surface area contributed by atoms with E-state index in [4.69, 9.17) is 10.8 Å². The molecule has 0 amide bonds. The number of phenols is 1. The molecule has 0 aromatic heterocycles. The molecule has 0 unspecified atom stereocenters. The third-order valence-electron chi connectivity index (χ3n) is 4.03. The summed E-state index contributed by atoms with van der Waals surface area (Å²) in [5.74, 6) is -0.143. The number of phenolic OH excluding ortho intramolecular Hbond substituents is 1. The molecule has 4 aromatic carbocycles. The first kappa shape index (κ1) is 18.7. The predicted octanol–water partition coefficient (Wildman–Crippen LogP) is 5.47. The second-order valence-electron chi connectivity index (χ2n) is 6.05. The lowest BCUT2D eigenvalue weighted by atomic mass is 10.1. The second-order valence-corrected chi connectivity index (χ2v) is 6.05. The van der Waals surface area contributed by atoms with Crippen LogP contribution in [0.2, 0.25) is 0 Å². The Kier molecular flexibility index (Phi) is 5.72. The van der Waals surface area contributed by atoms with Crippen LogP contribution in [0.15, 0.2) is 91.0 Å². The molecule has 4 aromatic rings. The molecular formula is C22H19N3O3. The summed E-state index contributed by atoms with van der Waals surface area (Å²) in [6, 6.07) is 28.5. The smallest absolute Gasteiger partial charge is 0.271 e. The third kappa shape index (κ3) is 4.76. The summed E-state index contributed by atoms with van der Waals surface area (Å²) in [6.07, 6.45) is 0. The number of nitrogen functional groups attached to an aromatic ring is 1. The number of anilines is 3. The lowest BCUT2D eigenvalue weighted by Gasteiger charge is -2.07. The molecule has 28 heavy (non-hydrogen) atoms. The number of nitrogens with one attached hydrogen (secondary N) is 1. The zero-order chi connectivity index (χ0) is 19.9. The number of aromatic hydroxyl groups is 1. The maximum absolute atomic E-state index is 10.1. The van der Waals surface area contributed by atoms with Crippen molar-refractivity contribution in [2.45, 2.75) is 0 Å². The Morgan fingerprint density at radius 1 is 0.786 bits per heavy atom. The molecule has 0 atom stereocenters. The van der Waals surface area contributed by atoms with Crippen LogP contribution >= 0.6 is 0 Å². The average Bonchev–Trinajstić information content (AvgIpc) is 2.71. The van der Waals surface area contributed by atoms with E-state index in [-0.39, 0.29) is 17.1 Å². The lowest BCUT2D eigenvalue weighted by molar-refractivity contribution is -0.384. The molecular weight excluding hydrogens is 354 g/mol.